The molecule has 0 aromatic carbocycles. The zero-order valence-electron chi connectivity index (χ0n) is 39.2. The minimum absolute atomic E-state index is 0.00702. The molecule has 3 N–H and O–H groups in total. The predicted molar refractivity (Wildman–Crippen MR) is 250 cm³/mol. The molecule has 0 amide bonds. The third-order valence-corrected chi connectivity index (χ3v) is 12.0. The largest absolute Gasteiger partial charge is 0.466 e. The molecule has 0 aliphatic rings. The molecule has 0 rings (SSSR count). The van der Waals surface area contributed by atoms with Gasteiger partial charge in [-0.1, -0.05) is 162 Å². The fourth-order valence-electron chi connectivity index (χ4n) is 7.74. The monoisotopic (exact) mass is 857 g/mol. The van der Waals surface area contributed by atoms with Crippen LogP contribution >= 0.6 is 0 Å². The summed E-state index contributed by atoms with van der Waals surface area (Å²) < 4.78 is 36.7. The van der Waals surface area contributed by atoms with E-state index in [2.05, 4.69) is 35.4 Å². The van der Waals surface area contributed by atoms with E-state index in [9.17, 15) is 18.0 Å². The van der Waals surface area contributed by atoms with E-state index in [0.29, 0.717) is 31.7 Å². The van der Waals surface area contributed by atoms with E-state index in [4.69, 9.17) is 14.6 Å². The second-order valence-corrected chi connectivity index (χ2v) is 18.5. The maximum absolute atomic E-state index is 12.8. The number of carbonyl (C=O) groups excluding carboxylic acids is 2. The second kappa shape index (κ2) is 42.9. The van der Waals surface area contributed by atoms with Crippen LogP contribution in [-0.2, 0) is 29.3 Å². The minimum Gasteiger partial charge on any atom is -0.466 e. The van der Waals surface area contributed by atoms with Crippen molar-refractivity contribution in [2.45, 2.75) is 258 Å². The molecular formula is C48H96N4O6S. The van der Waals surface area contributed by atoms with Crippen LogP contribution < -0.4 is 9.86 Å². The SMILES string of the molecule is CCCCCCCCCOC(=O)CCCCCCCN(CCCCCCCC(=O)OC(CCCCCCCC)CCCCCCCC)CCCCC(=NC)NS(N)(=O)=O. The molecule has 350 valence electrons. The summed E-state index contributed by atoms with van der Waals surface area (Å²) in [6.45, 7) is 10.3. The standard InChI is InChI=1S/C48H96N4O6S/c1-5-8-11-14-17-26-35-44-57-47(53)39-29-22-18-24-32-41-52(43-34-31-38-46(50-4)51-59(49,55)56)42-33-25-19-23-30-40-48(54)58-45(36-27-20-15-12-9-6-2)37-28-21-16-13-10-7-3/h45H,5-44H2,1-4H3,(H,50,51)(H2,49,55,56). The number of ether oxygens (including phenoxy) is 2. The lowest BCUT2D eigenvalue weighted by atomic mass is 10.0. The minimum atomic E-state index is -3.81. The summed E-state index contributed by atoms with van der Waals surface area (Å²) in [7, 11) is -2.24. The highest BCUT2D eigenvalue weighted by Gasteiger charge is 2.15. The van der Waals surface area contributed by atoms with Crippen molar-refractivity contribution in [1.82, 2.24) is 9.62 Å². The van der Waals surface area contributed by atoms with Crippen LogP contribution in [0.2, 0.25) is 0 Å². The topological polar surface area (TPSA) is 140 Å². The van der Waals surface area contributed by atoms with Gasteiger partial charge in [0.15, 0.2) is 0 Å². The van der Waals surface area contributed by atoms with Gasteiger partial charge in [0.1, 0.15) is 11.9 Å². The lowest BCUT2D eigenvalue weighted by molar-refractivity contribution is -0.150. The van der Waals surface area contributed by atoms with E-state index in [1.165, 1.54) is 96.3 Å². The van der Waals surface area contributed by atoms with Gasteiger partial charge in [0.05, 0.1) is 6.61 Å². The van der Waals surface area contributed by atoms with Crippen molar-refractivity contribution in [3.8, 4) is 0 Å². The van der Waals surface area contributed by atoms with Gasteiger partial charge < -0.3 is 14.4 Å². The van der Waals surface area contributed by atoms with Gasteiger partial charge in [0, 0.05) is 26.3 Å². The summed E-state index contributed by atoms with van der Waals surface area (Å²) in [4.78, 5) is 31.6. The zero-order chi connectivity index (χ0) is 43.5. The Hall–Kier alpha value is -1.72. The smallest absolute Gasteiger partial charge is 0.306 e. The average molecular weight is 857 g/mol. The Morgan fingerprint density at radius 1 is 0.525 bits per heavy atom. The summed E-state index contributed by atoms with van der Waals surface area (Å²) >= 11 is 0. The van der Waals surface area contributed by atoms with Crippen molar-refractivity contribution in [3.63, 3.8) is 0 Å². The zero-order valence-corrected chi connectivity index (χ0v) is 40.0. The number of hydrogen-bond acceptors (Lipinski definition) is 8. The maximum atomic E-state index is 12.8. The molecule has 0 unspecified atom stereocenters. The van der Waals surface area contributed by atoms with Crippen molar-refractivity contribution in [2.75, 3.05) is 33.3 Å². The molecule has 0 aromatic rings. The van der Waals surface area contributed by atoms with E-state index < -0.39 is 10.2 Å². The molecule has 0 saturated heterocycles. The first-order chi connectivity index (χ1) is 28.6. The summed E-state index contributed by atoms with van der Waals surface area (Å²) in [5.41, 5.74) is 0. The van der Waals surface area contributed by atoms with Crippen LogP contribution in [-0.4, -0.2) is 70.5 Å². The lowest BCUT2D eigenvalue weighted by Gasteiger charge is -2.22. The average Bonchev–Trinajstić information content (AvgIpc) is 3.20. The van der Waals surface area contributed by atoms with E-state index in [-0.39, 0.29) is 18.0 Å². The van der Waals surface area contributed by atoms with Gasteiger partial charge in [-0.15, -0.1) is 0 Å². The van der Waals surface area contributed by atoms with Crippen LogP contribution in [0.3, 0.4) is 0 Å². The third-order valence-electron chi connectivity index (χ3n) is 11.4. The van der Waals surface area contributed by atoms with Crippen LogP contribution in [0, 0.1) is 0 Å². The number of nitrogens with zero attached hydrogens (tertiary/aromatic N) is 2. The van der Waals surface area contributed by atoms with E-state index in [0.717, 1.165) is 135 Å². The van der Waals surface area contributed by atoms with Crippen molar-refractivity contribution >= 4 is 28.0 Å². The third kappa shape index (κ3) is 42.8. The first-order valence-corrected chi connectivity index (χ1v) is 26.5. The number of nitrogens with two attached hydrogens (primary N) is 1. The van der Waals surface area contributed by atoms with Gasteiger partial charge in [-0.3, -0.25) is 19.3 Å². The molecule has 10 nitrogen and oxygen atoms in total. The van der Waals surface area contributed by atoms with Crippen molar-refractivity contribution in [2.24, 2.45) is 10.1 Å². The highest BCUT2D eigenvalue weighted by molar-refractivity contribution is 7.87. The Morgan fingerprint density at radius 2 is 0.898 bits per heavy atom. The summed E-state index contributed by atoms with van der Waals surface area (Å²) in [5, 5.41) is 5.14. The van der Waals surface area contributed by atoms with Gasteiger partial charge in [-0.05, 0) is 90.3 Å². The van der Waals surface area contributed by atoms with Gasteiger partial charge >= 0.3 is 11.9 Å². The Morgan fingerprint density at radius 3 is 1.36 bits per heavy atom. The molecule has 0 fully saturated rings. The normalized spacial score (nSPS) is 12.2. The van der Waals surface area contributed by atoms with Gasteiger partial charge in [0.25, 0.3) is 10.2 Å². The Balaban J connectivity index is 4.53. The number of unbranched alkanes of at least 4 members (excludes halogenated alkanes) is 25. The molecule has 0 heterocycles. The molecule has 11 heteroatoms. The number of carbonyl (C=O) groups is 2. The quantitative estimate of drug-likeness (QED) is 0.0269. The fourth-order valence-corrected chi connectivity index (χ4v) is 8.26. The first kappa shape index (κ1) is 57.3. The molecule has 0 atom stereocenters. The maximum Gasteiger partial charge on any atom is 0.306 e. The fraction of sp³-hybridized carbons (Fsp3) is 0.938. The Bertz CT molecular complexity index is 1070. The number of hydrogen-bond donors (Lipinski definition) is 2. The highest BCUT2D eigenvalue weighted by Crippen LogP contribution is 2.19. The molecule has 0 radical (unpaired) electrons. The molecule has 0 aliphatic carbocycles. The highest BCUT2D eigenvalue weighted by atomic mass is 32.2. The lowest BCUT2D eigenvalue weighted by Crippen LogP contribution is -2.36. The van der Waals surface area contributed by atoms with E-state index >= 15 is 0 Å². The summed E-state index contributed by atoms with van der Waals surface area (Å²) in [6.07, 6.45) is 39.9. The Labute approximate surface area is 365 Å². The van der Waals surface area contributed by atoms with Gasteiger partial charge in [0.2, 0.25) is 0 Å². The Kier molecular flexibility index (Phi) is 41.7. The van der Waals surface area contributed by atoms with Gasteiger partial charge in [-0.2, -0.15) is 8.42 Å². The molecule has 0 bridgehead atoms. The van der Waals surface area contributed by atoms with Gasteiger partial charge in [-0.25, -0.2) is 5.14 Å². The number of rotatable bonds is 45. The van der Waals surface area contributed by atoms with Crippen LogP contribution in [0.4, 0.5) is 0 Å². The molecular weight excluding hydrogens is 761 g/mol. The number of amidine groups is 1. The van der Waals surface area contributed by atoms with E-state index in [1.54, 1.807) is 7.05 Å². The van der Waals surface area contributed by atoms with Crippen LogP contribution in [0.5, 0.6) is 0 Å². The van der Waals surface area contributed by atoms with Crippen LogP contribution in [0.15, 0.2) is 4.99 Å². The van der Waals surface area contributed by atoms with E-state index in [1.807, 2.05) is 0 Å². The van der Waals surface area contributed by atoms with Crippen molar-refractivity contribution in [3.05, 3.63) is 0 Å². The molecule has 0 aliphatic heterocycles. The summed E-state index contributed by atoms with van der Waals surface area (Å²) in [6, 6.07) is 0. The molecule has 0 saturated carbocycles. The first-order valence-electron chi connectivity index (χ1n) is 25.0. The number of aliphatic imine (C=N–C) groups is 1. The second-order valence-electron chi connectivity index (χ2n) is 17.2. The number of esters is 2. The summed E-state index contributed by atoms with van der Waals surface area (Å²) in [5.74, 6) is 0.340. The van der Waals surface area contributed by atoms with Crippen LogP contribution in [0.1, 0.15) is 252 Å². The van der Waals surface area contributed by atoms with Crippen molar-refractivity contribution < 1.29 is 27.5 Å². The molecule has 0 spiro atoms. The van der Waals surface area contributed by atoms with Crippen molar-refractivity contribution in [1.29, 1.82) is 0 Å². The molecule has 59 heavy (non-hydrogen) atoms. The number of nitrogens with one attached hydrogen (secondary N) is 1. The predicted octanol–water partition coefficient (Wildman–Crippen LogP) is 12.7. The van der Waals surface area contributed by atoms with Crippen LogP contribution in [0.25, 0.3) is 0 Å². The molecule has 0 aromatic heterocycles.